The van der Waals surface area contributed by atoms with E-state index in [1.165, 1.54) is 12.5 Å². The lowest BCUT2D eigenvalue weighted by atomic mass is 10.1. The summed E-state index contributed by atoms with van der Waals surface area (Å²) in [6, 6.07) is 7.36. The van der Waals surface area contributed by atoms with Crippen LogP contribution in [-0.2, 0) is 6.54 Å². The van der Waals surface area contributed by atoms with Crippen molar-refractivity contribution in [3.05, 3.63) is 83.3 Å². The normalized spacial score (nSPS) is 12.6. The number of imidazole rings is 1. The average Bonchev–Trinajstić information content (AvgIpc) is 3.51. The number of allylic oxidation sites excluding steroid dienone is 1. The van der Waals surface area contributed by atoms with Gasteiger partial charge < -0.3 is 19.7 Å². The van der Waals surface area contributed by atoms with Crippen molar-refractivity contribution in [1.29, 1.82) is 0 Å². The van der Waals surface area contributed by atoms with Crippen molar-refractivity contribution < 1.29 is 9.21 Å². The van der Waals surface area contributed by atoms with Gasteiger partial charge in [-0.1, -0.05) is 18.2 Å². The minimum atomic E-state index is -0.292. The van der Waals surface area contributed by atoms with Crippen molar-refractivity contribution in [2.24, 2.45) is 5.73 Å². The van der Waals surface area contributed by atoms with Gasteiger partial charge in [0.1, 0.15) is 12.1 Å². The van der Waals surface area contributed by atoms with E-state index in [-0.39, 0.29) is 23.3 Å². The second kappa shape index (κ2) is 9.57. The van der Waals surface area contributed by atoms with Crippen LogP contribution in [0.15, 0.2) is 70.5 Å². The fourth-order valence-corrected chi connectivity index (χ4v) is 3.53. The summed E-state index contributed by atoms with van der Waals surface area (Å²) in [5, 5.41) is 1.57. The number of pyridine rings is 1. The largest absolute Gasteiger partial charge is 0.442 e. The maximum Gasteiger partial charge on any atom is 0.263 e. The smallest absolute Gasteiger partial charge is 0.263 e. The number of oxazole rings is 1. The third-order valence-corrected chi connectivity index (χ3v) is 5.33. The topological polar surface area (TPSA) is 120 Å². The minimum Gasteiger partial charge on any atom is -0.442 e. The molecule has 4 aromatic rings. The zero-order valence-electron chi connectivity index (χ0n) is 17.8. The first kappa shape index (κ1) is 21.5. The van der Waals surface area contributed by atoms with Crippen LogP contribution in [0.2, 0.25) is 0 Å². The van der Waals surface area contributed by atoms with Crippen LogP contribution in [-0.4, -0.2) is 25.3 Å². The van der Waals surface area contributed by atoms with E-state index in [1.54, 1.807) is 4.57 Å². The molecule has 0 saturated heterocycles. The van der Waals surface area contributed by atoms with Gasteiger partial charge in [-0.25, -0.2) is 9.97 Å². The first-order valence-corrected chi connectivity index (χ1v) is 10.6. The Morgan fingerprint density at radius 1 is 1.31 bits per heavy atom. The van der Waals surface area contributed by atoms with Crippen LogP contribution in [0.1, 0.15) is 48.7 Å². The quantitative estimate of drug-likeness (QED) is 0.305. The Hall–Kier alpha value is -3.78. The van der Waals surface area contributed by atoms with Crippen molar-refractivity contribution in [3.63, 3.8) is 0 Å². The third kappa shape index (κ3) is 4.60. The number of Topliss-reactive ketones (excluding diaryl/α,β-unsaturated/α-hetero) is 1. The molecule has 4 rings (SSSR count). The molecule has 1 aromatic carbocycles. The van der Waals surface area contributed by atoms with Crippen molar-refractivity contribution >= 4 is 16.6 Å². The van der Waals surface area contributed by atoms with Gasteiger partial charge in [0, 0.05) is 36.3 Å². The summed E-state index contributed by atoms with van der Waals surface area (Å²) in [4.78, 5) is 35.9. The van der Waals surface area contributed by atoms with E-state index < -0.39 is 0 Å². The number of hydrogen-bond donors (Lipinski definition) is 2. The number of ketones is 1. The molecule has 3 aromatic heterocycles. The van der Waals surface area contributed by atoms with Crippen LogP contribution in [0.4, 0.5) is 0 Å². The highest BCUT2D eigenvalue weighted by molar-refractivity contribution is 5.91. The van der Waals surface area contributed by atoms with Gasteiger partial charge in [0.15, 0.2) is 0 Å². The van der Waals surface area contributed by atoms with Crippen LogP contribution in [0.25, 0.3) is 22.0 Å². The van der Waals surface area contributed by atoms with Crippen molar-refractivity contribution in [3.8, 4) is 11.3 Å². The number of H-pyrrole nitrogens is 1. The maximum atomic E-state index is 12.4. The minimum absolute atomic E-state index is 0.00944. The Kier molecular flexibility index (Phi) is 6.42. The van der Waals surface area contributed by atoms with Crippen LogP contribution >= 0.6 is 0 Å². The van der Waals surface area contributed by atoms with Crippen LogP contribution in [0.5, 0.6) is 0 Å². The van der Waals surface area contributed by atoms with Gasteiger partial charge in [0.05, 0.1) is 17.9 Å². The molecule has 0 radical (unpaired) electrons. The van der Waals surface area contributed by atoms with Gasteiger partial charge in [0.2, 0.25) is 5.78 Å². The van der Waals surface area contributed by atoms with E-state index in [4.69, 9.17) is 10.2 Å². The molecule has 0 aliphatic carbocycles. The number of aromatic nitrogens is 4. The van der Waals surface area contributed by atoms with Crippen molar-refractivity contribution in [2.75, 3.05) is 0 Å². The summed E-state index contributed by atoms with van der Waals surface area (Å²) in [7, 11) is 0. The fourth-order valence-electron chi connectivity index (χ4n) is 3.53. The zero-order valence-corrected chi connectivity index (χ0v) is 17.8. The standard InChI is InChI=1S/C24H25N5O3/c1-2-29-12-10-16-14-17(8-9-18(16)24(29)31)20-15-27-22(28-20)19(25)6-4-3-5-7-21(30)23-26-11-13-32-23/h3-4,8-15,19H,2,5-7,25H2,1H3,(H,27,28)/b4-3+. The molecule has 1 unspecified atom stereocenters. The lowest BCUT2D eigenvalue weighted by molar-refractivity contribution is 0.0950. The van der Waals surface area contributed by atoms with Gasteiger partial charge in [-0.2, -0.15) is 0 Å². The Labute approximate surface area is 184 Å². The summed E-state index contributed by atoms with van der Waals surface area (Å²) < 4.78 is 6.68. The highest BCUT2D eigenvalue weighted by Gasteiger charge is 2.12. The van der Waals surface area contributed by atoms with E-state index >= 15 is 0 Å². The number of nitrogens with one attached hydrogen (secondary N) is 1. The molecule has 8 heteroatoms. The van der Waals surface area contributed by atoms with Crippen LogP contribution < -0.4 is 11.3 Å². The number of fused-ring (bicyclic) bond motifs is 1. The number of rotatable bonds is 9. The molecule has 0 fully saturated rings. The molecule has 0 aliphatic heterocycles. The summed E-state index contributed by atoms with van der Waals surface area (Å²) >= 11 is 0. The van der Waals surface area contributed by atoms with E-state index in [2.05, 4.69) is 15.0 Å². The van der Waals surface area contributed by atoms with Gasteiger partial charge in [-0.15, -0.1) is 0 Å². The molecule has 3 heterocycles. The summed E-state index contributed by atoms with van der Waals surface area (Å²) in [5.74, 6) is 0.702. The Bertz CT molecular complexity index is 1300. The average molecular weight is 431 g/mol. The molecule has 8 nitrogen and oxygen atoms in total. The maximum absolute atomic E-state index is 12.4. The lowest BCUT2D eigenvalue weighted by Crippen LogP contribution is -2.18. The molecule has 164 valence electrons. The zero-order chi connectivity index (χ0) is 22.5. The van der Waals surface area contributed by atoms with E-state index in [0.717, 1.165) is 16.6 Å². The number of aromatic amines is 1. The second-order valence-electron chi connectivity index (χ2n) is 7.49. The predicted octanol–water partition coefficient (Wildman–Crippen LogP) is 4.01. The molecule has 3 N–H and O–H groups in total. The number of carbonyl (C=O) groups excluding carboxylic acids is 1. The number of nitrogens with zero attached hydrogens (tertiary/aromatic N) is 3. The number of carbonyl (C=O) groups is 1. The Morgan fingerprint density at radius 2 is 2.19 bits per heavy atom. The van der Waals surface area contributed by atoms with Gasteiger partial charge >= 0.3 is 0 Å². The molecule has 1 atom stereocenters. The molecular formula is C24H25N5O3. The Morgan fingerprint density at radius 3 is 2.97 bits per heavy atom. The van der Waals surface area contributed by atoms with E-state index in [0.29, 0.717) is 37.0 Å². The lowest BCUT2D eigenvalue weighted by Gasteiger charge is -2.06. The van der Waals surface area contributed by atoms with Crippen molar-refractivity contribution in [2.45, 2.75) is 38.8 Å². The third-order valence-electron chi connectivity index (χ3n) is 5.33. The highest BCUT2D eigenvalue weighted by atomic mass is 16.3. The molecule has 0 bridgehead atoms. The van der Waals surface area contributed by atoms with E-state index in [9.17, 15) is 9.59 Å². The summed E-state index contributed by atoms with van der Waals surface area (Å²) in [6.07, 6.45) is 11.9. The van der Waals surface area contributed by atoms with Gasteiger partial charge in [-0.3, -0.25) is 9.59 Å². The predicted molar refractivity (Wildman–Crippen MR) is 122 cm³/mol. The monoisotopic (exact) mass is 431 g/mol. The van der Waals surface area contributed by atoms with Gasteiger partial charge in [-0.05, 0) is 43.4 Å². The molecule has 0 spiro atoms. The molecule has 0 saturated carbocycles. The van der Waals surface area contributed by atoms with Crippen molar-refractivity contribution in [1.82, 2.24) is 19.5 Å². The molecular weight excluding hydrogens is 406 g/mol. The first-order chi connectivity index (χ1) is 15.6. The van der Waals surface area contributed by atoms with Gasteiger partial charge in [0.25, 0.3) is 11.4 Å². The molecule has 0 amide bonds. The SMILES string of the molecule is CCn1ccc2cc(-c3c[nH]c(C(N)C/C=C/CCC(=O)c4ncco4)n3)ccc2c1=O. The van der Waals surface area contributed by atoms with E-state index in [1.807, 2.05) is 55.7 Å². The summed E-state index contributed by atoms with van der Waals surface area (Å²) in [6.45, 7) is 2.59. The first-order valence-electron chi connectivity index (χ1n) is 10.6. The van der Waals surface area contributed by atoms with Crippen LogP contribution in [0.3, 0.4) is 0 Å². The number of hydrogen-bond acceptors (Lipinski definition) is 6. The Balaban J connectivity index is 1.37. The summed E-state index contributed by atoms with van der Waals surface area (Å²) in [5.41, 5.74) is 7.97. The number of aryl methyl sites for hydroxylation is 1. The van der Waals surface area contributed by atoms with Crippen LogP contribution in [0, 0.1) is 0 Å². The second-order valence-corrected chi connectivity index (χ2v) is 7.49. The fraction of sp³-hybridized carbons (Fsp3) is 0.250. The number of nitrogens with two attached hydrogens (primary N) is 1. The number of benzene rings is 1. The highest BCUT2D eigenvalue weighted by Crippen LogP contribution is 2.23. The molecule has 0 aliphatic rings. The molecule has 32 heavy (non-hydrogen) atoms.